The molecule has 2 saturated carbocycles. The van der Waals surface area contributed by atoms with E-state index in [1.807, 2.05) is 0 Å². The smallest absolute Gasteiger partial charge is 0.174 e. The minimum absolute atomic E-state index is 0.159. The van der Waals surface area contributed by atoms with Crippen molar-refractivity contribution < 1.29 is 19.4 Å². The number of aromatic hydroxyl groups is 1. The van der Waals surface area contributed by atoms with Crippen LogP contribution < -0.4 is 4.74 Å². The van der Waals surface area contributed by atoms with Crippen molar-refractivity contribution in [1.29, 1.82) is 0 Å². The Kier molecular flexibility index (Phi) is 4.66. The molecule has 178 valence electrons. The zero-order valence-corrected chi connectivity index (χ0v) is 19.7. The van der Waals surface area contributed by atoms with Crippen LogP contribution in [0.4, 0.5) is 0 Å². The number of piperidine rings is 1. The van der Waals surface area contributed by atoms with Crippen LogP contribution in [0.25, 0.3) is 0 Å². The highest BCUT2D eigenvalue weighted by molar-refractivity contribution is 5.90. The Labute approximate surface area is 201 Å². The van der Waals surface area contributed by atoms with Crippen LogP contribution >= 0.6 is 0 Å². The molecule has 34 heavy (non-hydrogen) atoms. The van der Waals surface area contributed by atoms with Gasteiger partial charge in [-0.25, -0.2) is 0 Å². The average Bonchev–Trinajstić information content (AvgIpc) is 3.59. The van der Waals surface area contributed by atoms with Gasteiger partial charge in [0.25, 0.3) is 0 Å². The largest absolute Gasteiger partial charge is 0.504 e. The number of aryl methyl sites for hydroxylation is 1. The Morgan fingerprint density at radius 2 is 1.97 bits per heavy atom. The van der Waals surface area contributed by atoms with Gasteiger partial charge in [0.1, 0.15) is 0 Å². The number of phenols is 1. The van der Waals surface area contributed by atoms with E-state index < -0.39 is 17.1 Å². The predicted molar refractivity (Wildman–Crippen MR) is 128 cm³/mol. The second-order valence-electron chi connectivity index (χ2n) is 11.1. The molecule has 0 radical (unpaired) electrons. The lowest BCUT2D eigenvalue weighted by Crippen LogP contribution is -2.77. The summed E-state index contributed by atoms with van der Waals surface area (Å²) in [6, 6.07) is 14.7. The number of carbonyl (C=O) groups excluding carboxylic acids is 1. The fourth-order valence-corrected chi connectivity index (χ4v) is 7.71. The molecule has 2 aromatic rings. The highest BCUT2D eigenvalue weighted by Gasteiger charge is 2.74. The van der Waals surface area contributed by atoms with E-state index in [0.717, 1.165) is 56.7 Å². The third kappa shape index (κ3) is 2.83. The minimum Gasteiger partial charge on any atom is -0.504 e. The van der Waals surface area contributed by atoms with E-state index in [1.165, 1.54) is 24.0 Å². The molecule has 2 bridgehead atoms. The fraction of sp³-hybridized carbons (Fsp3) is 0.552. The van der Waals surface area contributed by atoms with Crippen molar-refractivity contribution in [3.05, 3.63) is 59.2 Å². The summed E-state index contributed by atoms with van der Waals surface area (Å²) in [5.74, 6) is 1.68. The van der Waals surface area contributed by atoms with Crippen molar-refractivity contribution in [2.45, 2.75) is 74.5 Å². The lowest BCUT2D eigenvalue weighted by molar-refractivity contribution is -0.213. The van der Waals surface area contributed by atoms with Gasteiger partial charge >= 0.3 is 0 Å². The molecular formula is C29H33NO4. The van der Waals surface area contributed by atoms with Crippen LogP contribution in [0.1, 0.15) is 55.2 Å². The molecule has 2 aliphatic heterocycles. The molecule has 2 heterocycles. The van der Waals surface area contributed by atoms with Crippen molar-refractivity contribution in [3.8, 4) is 11.5 Å². The second kappa shape index (κ2) is 7.56. The predicted octanol–water partition coefficient (Wildman–Crippen LogP) is 4.18. The first-order valence-corrected chi connectivity index (χ1v) is 13.1. The van der Waals surface area contributed by atoms with Gasteiger partial charge in [-0.2, -0.15) is 0 Å². The summed E-state index contributed by atoms with van der Waals surface area (Å²) in [4.78, 5) is 16.0. The first kappa shape index (κ1) is 21.0. The summed E-state index contributed by atoms with van der Waals surface area (Å²) in [7, 11) is 0. The van der Waals surface area contributed by atoms with E-state index in [1.54, 1.807) is 6.07 Å². The van der Waals surface area contributed by atoms with Crippen molar-refractivity contribution >= 4 is 5.78 Å². The quantitative estimate of drug-likeness (QED) is 0.630. The fourth-order valence-electron chi connectivity index (χ4n) is 7.71. The molecule has 5 nitrogen and oxygen atoms in total. The van der Waals surface area contributed by atoms with Gasteiger partial charge in [-0.3, -0.25) is 9.69 Å². The van der Waals surface area contributed by atoms with Gasteiger partial charge in [-0.15, -0.1) is 0 Å². The third-order valence-corrected chi connectivity index (χ3v) is 9.33. The lowest BCUT2D eigenvalue weighted by Gasteiger charge is -2.64. The second-order valence-corrected chi connectivity index (χ2v) is 11.1. The molecule has 5 heteroatoms. The summed E-state index contributed by atoms with van der Waals surface area (Å²) in [5, 5.41) is 10.7. The van der Waals surface area contributed by atoms with Crippen molar-refractivity contribution in [1.82, 2.24) is 4.90 Å². The highest BCUT2D eigenvalue weighted by atomic mass is 16.5. The van der Waals surface area contributed by atoms with Gasteiger partial charge in [0.15, 0.2) is 23.4 Å². The van der Waals surface area contributed by atoms with Crippen molar-refractivity contribution in [2.75, 3.05) is 19.7 Å². The van der Waals surface area contributed by atoms with Gasteiger partial charge in [-0.05, 0) is 74.6 Å². The Morgan fingerprint density at radius 3 is 2.79 bits per heavy atom. The number of rotatable bonds is 7. The van der Waals surface area contributed by atoms with Gasteiger partial charge in [0.2, 0.25) is 0 Å². The molecule has 1 saturated heterocycles. The summed E-state index contributed by atoms with van der Waals surface area (Å²) in [6.07, 6.45) is 7.06. The first-order chi connectivity index (χ1) is 16.6. The van der Waals surface area contributed by atoms with Crippen LogP contribution in [0.15, 0.2) is 42.5 Å². The molecule has 3 fully saturated rings. The van der Waals surface area contributed by atoms with Gasteiger partial charge < -0.3 is 14.6 Å². The van der Waals surface area contributed by atoms with Crippen LogP contribution in [-0.4, -0.2) is 53.2 Å². The van der Waals surface area contributed by atoms with Crippen LogP contribution in [0.2, 0.25) is 0 Å². The number of hydrogen-bond acceptors (Lipinski definition) is 5. The Balaban J connectivity index is 1.28. The number of nitrogens with zero attached hydrogens (tertiary/aromatic N) is 1. The van der Waals surface area contributed by atoms with Crippen LogP contribution in [0.5, 0.6) is 11.5 Å². The maximum Gasteiger partial charge on any atom is 0.174 e. The molecule has 5 aliphatic rings. The molecule has 3 aliphatic carbocycles. The topological polar surface area (TPSA) is 59.0 Å². The van der Waals surface area contributed by atoms with Gasteiger partial charge in [-0.1, -0.05) is 36.4 Å². The Morgan fingerprint density at radius 1 is 1.12 bits per heavy atom. The Bertz CT molecular complexity index is 1130. The molecule has 7 rings (SSSR count). The number of Topliss-reactive ketones (excluding diaryl/α,β-unsaturated/α-hetero) is 1. The van der Waals surface area contributed by atoms with E-state index in [2.05, 4.69) is 41.3 Å². The van der Waals surface area contributed by atoms with E-state index in [9.17, 15) is 9.90 Å². The van der Waals surface area contributed by atoms with Crippen LogP contribution in [0, 0.1) is 5.92 Å². The SMILES string of the molecule is O=C1CC[C@@]2(OCCCc3ccccc3)C3Cc4ccc(O)c5c4[C@@]2(CCN3CC2CC2)[C@H]1O5. The lowest BCUT2D eigenvalue weighted by atomic mass is 9.48. The number of phenolic OH excluding ortho intramolecular Hbond substituents is 1. The molecule has 4 atom stereocenters. The van der Waals surface area contributed by atoms with Crippen molar-refractivity contribution in [3.63, 3.8) is 0 Å². The zero-order chi connectivity index (χ0) is 22.9. The molecule has 1 N–H and O–H groups in total. The number of ketones is 1. The van der Waals surface area contributed by atoms with E-state index >= 15 is 0 Å². The normalized spacial score (nSPS) is 33.5. The summed E-state index contributed by atoms with van der Waals surface area (Å²) in [5.41, 5.74) is 2.72. The summed E-state index contributed by atoms with van der Waals surface area (Å²) in [6.45, 7) is 2.78. The maximum atomic E-state index is 13.3. The van der Waals surface area contributed by atoms with E-state index in [0.29, 0.717) is 18.8 Å². The van der Waals surface area contributed by atoms with Gasteiger partial charge in [0.05, 0.1) is 11.0 Å². The minimum atomic E-state index is -0.539. The van der Waals surface area contributed by atoms with E-state index in [4.69, 9.17) is 9.47 Å². The summed E-state index contributed by atoms with van der Waals surface area (Å²) < 4.78 is 13.4. The monoisotopic (exact) mass is 459 g/mol. The van der Waals surface area contributed by atoms with E-state index in [-0.39, 0.29) is 17.6 Å². The molecule has 2 aromatic carbocycles. The number of carbonyl (C=O) groups is 1. The molecule has 0 amide bonds. The van der Waals surface area contributed by atoms with Crippen molar-refractivity contribution in [2.24, 2.45) is 5.92 Å². The number of benzene rings is 2. The molecular weight excluding hydrogens is 426 g/mol. The number of hydrogen-bond donors (Lipinski definition) is 1. The maximum absolute atomic E-state index is 13.3. The average molecular weight is 460 g/mol. The highest BCUT2D eigenvalue weighted by Crippen LogP contribution is 2.66. The molecule has 0 aromatic heterocycles. The van der Waals surface area contributed by atoms with Gasteiger partial charge in [0, 0.05) is 31.2 Å². The van der Waals surface area contributed by atoms with Crippen LogP contribution in [0.3, 0.4) is 0 Å². The zero-order valence-electron chi connectivity index (χ0n) is 19.7. The Hall–Kier alpha value is -2.37. The number of likely N-dealkylation sites (tertiary alicyclic amines) is 1. The molecule has 1 unspecified atom stereocenters. The summed E-state index contributed by atoms with van der Waals surface area (Å²) >= 11 is 0. The third-order valence-electron chi connectivity index (χ3n) is 9.33. The van der Waals surface area contributed by atoms with Crippen LogP contribution in [-0.2, 0) is 27.8 Å². The standard InChI is InChI=1S/C29H33NO4/c31-22-11-10-21-17-24-29(33-16-4-7-19-5-2-1-3-6-19)13-12-23(32)27-28(29,25(21)26(22)34-27)14-15-30(24)18-20-8-9-20/h1-3,5-6,10-11,20,24,27,31H,4,7-9,12-18H2/t24?,27-,28-,29+/m0/s1. The number of ether oxygens (including phenoxy) is 2. The first-order valence-electron chi connectivity index (χ1n) is 13.1. The molecule has 1 spiro atoms.